The van der Waals surface area contributed by atoms with Crippen LogP contribution in [0.15, 0.2) is 36.4 Å². The average Bonchev–Trinajstić information content (AvgIpc) is 2.52. The molecule has 0 aliphatic rings. The minimum Gasteiger partial charge on any atom is -0.488 e. The number of hydrogen-bond donors (Lipinski definition) is 2. The second-order valence-corrected chi connectivity index (χ2v) is 4.43. The standard InChI is InChI=1S/C16H14FNO3/c17-15-5-13(8-19)16(14(6-15)9-20)21-10-12-4-2-1-3-11(12)7-18/h1-6,19-20H,8-10H2. The molecule has 0 spiro atoms. The number of nitriles is 1. The van der Waals surface area contributed by atoms with Gasteiger partial charge in [0.05, 0.1) is 24.8 Å². The summed E-state index contributed by atoms with van der Waals surface area (Å²) in [4.78, 5) is 0. The van der Waals surface area contributed by atoms with Gasteiger partial charge in [-0.3, -0.25) is 0 Å². The van der Waals surface area contributed by atoms with Gasteiger partial charge in [0.1, 0.15) is 18.2 Å². The van der Waals surface area contributed by atoms with Crippen LogP contribution >= 0.6 is 0 Å². The molecule has 2 N–H and O–H groups in total. The molecule has 0 bridgehead atoms. The lowest BCUT2D eigenvalue weighted by Crippen LogP contribution is -2.04. The number of ether oxygens (including phenoxy) is 1. The van der Waals surface area contributed by atoms with Gasteiger partial charge in [0.15, 0.2) is 0 Å². The molecular formula is C16H14FNO3. The Morgan fingerprint density at radius 2 is 1.67 bits per heavy atom. The van der Waals surface area contributed by atoms with Crippen LogP contribution in [0.4, 0.5) is 4.39 Å². The maximum atomic E-state index is 13.3. The van der Waals surface area contributed by atoms with Crippen LogP contribution in [0.5, 0.6) is 5.75 Å². The molecular weight excluding hydrogens is 273 g/mol. The Labute approximate surface area is 121 Å². The smallest absolute Gasteiger partial charge is 0.131 e. The van der Waals surface area contributed by atoms with E-state index in [0.717, 1.165) is 12.1 Å². The Hall–Kier alpha value is -2.42. The number of rotatable bonds is 5. The van der Waals surface area contributed by atoms with E-state index in [4.69, 9.17) is 10.00 Å². The number of halogens is 1. The first-order valence-corrected chi connectivity index (χ1v) is 6.33. The fourth-order valence-electron chi connectivity index (χ4n) is 2.04. The molecule has 0 saturated carbocycles. The second-order valence-electron chi connectivity index (χ2n) is 4.43. The van der Waals surface area contributed by atoms with Crippen LogP contribution in [0.25, 0.3) is 0 Å². The summed E-state index contributed by atoms with van der Waals surface area (Å²) < 4.78 is 18.9. The molecule has 0 amide bonds. The lowest BCUT2D eigenvalue weighted by atomic mass is 10.1. The highest BCUT2D eigenvalue weighted by atomic mass is 19.1. The van der Waals surface area contributed by atoms with Crippen LogP contribution in [0, 0.1) is 17.1 Å². The summed E-state index contributed by atoms with van der Waals surface area (Å²) in [6.45, 7) is -0.713. The van der Waals surface area contributed by atoms with Crippen molar-refractivity contribution in [1.82, 2.24) is 0 Å². The van der Waals surface area contributed by atoms with E-state index < -0.39 is 19.0 Å². The van der Waals surface area contributed by atoms with Gasteiger partial charge in [0.25, 0.3) is 0 Å². The Kier molecular flexibility index (Phi) is 4.88. The minimum absolute atomic E-state index is 0.0926. The van der Waals surface area contributed by atoms with Crippen LogP contribution in [0.2, 0.25) is 0 Å². The molecule has 0 atom stereocenters. The molecule has 2 aromatic carbocycles. The van der Waals surface area contributed by atoms with E-state index >= 15 is 0 Å². The summed E-state index contributed by atoms with van der Waals surface area (Å²) in [5, 5.41) is 27.6. The van der Waals surface area contributed by atoms with Crippen molar-refractivity contribution in [2.75, 3.05) is 0 Å². The minimum atomic E-state index is -0.548. The predicted octanol–water partition coefficient (Wildman–Crippen LogP) is 2.26. The first kappa shape index (κ1) is 15.0. The Morgan fingerprint density at radius 3 is 2.24 bits per heavy atom. The number of benzene rings is 2. The van der Waals surface area contributed by atoms with Crippen molar-refractivity contribution >= 4 is 0 Å². The molecule has 2 aromatic rings. The van der Waals surface area contributed by atoms with Crippen molar-refractivity contribution in [3.8, 4) is 11.8 Å². The zero-order valence-electron chi connectivity index (χ0n) is 11.2. The molecule has 108 valence electrons. The maximum Gasteiger partial charge on any atom is 0.131 e. The van der Waals surface area contributed by atoms with Crippen LogP contribution in [0.3, 0.4) is 0 Å². The van der Waals surface area contributed by atoms with Crippen LogP contribution in [0.1, 0.15) is 22.3 Å². The van der Waals surface area contributed by atoms with Crippen LogP contribution in [-0.4, -0.2) is 10.2 Å². The highest BCUT2D eigenvalue weighted by Gasteiger charge is 2.13. The summed E-state index contributed by atoms with van der Waals surface area (Å²) in [6, 6.07) is 11.3. The fraction of sp³-hybridized carbons (Fsp3) is 0.188. The maximum absolute atomic E-state index is 13.3. The number of nitrogens with zero attached hydrogens (tertiary/aromatic N) is 1. The first-order valence-electron chi connectivity index (χ1n) is 6.33. The van der Waals surface area contributed by atoms with Gasteiger partial charge in [0, 0.05) is 16.7 Å². The number of hydrogen-bond acceptors (Lipinski definition) is 4. The Morgan fingerprint density at radius 1 is 1.05 bits per heavy atom. The van der Waals surface area contributed by atoms with Gasteiger partial charge < -0.3 is 14.9 Å². The summed E-state index contributed by atoms with van der Waals surface area (Å²) in [7, 11) is 0. The number of aliphatic hydroxyl groups excluding tert-OH is 2. The van der Waals surface area contributed by atoms with Gasteiger partial charge >= 0.3 is 0 Å². The van der Waals surface area contributed by atoms with E-state index in [0.29, 0.717) is 11.1 Å². The van der Waals surface area contributed by atoms with Crippen LogP contribution < -0.4 is 4.74 Å². The van der Waals surface area contributed by atoms with Gasteiger partial charge in [-0.05, 0) is 18.2 Å². The molecule has 0 unspecified atom stereocenters. The summed E-state index contributed by atoms with van der Waals surface area (Å²) in [6.07, 6.45) is 0. The summed E-state index contributed by atoms with van der Waals surface area (Å²) in [5.41, 5.74) is 1.68. The van der Waals surface area contributed by atoms with E-state index in [1.54, 1.807) is 24.3 Å². The van der Waals surface area contributed by atoms with Gasteiger partial charge in [-0.1, -0.05) is 18.2 Å². The van der Waals surface area contributed by atoms with E-state index in [1.807, 2.05) is 0 Å². The van der Waals surface area contributed by atoms with Crippen LogP contribution in [-0.2, 0) is 19.8 Å². The molecule has 0 fully saturated rings. The third kappa shape index (κ3) is 3.37. The summed E-state index contributed by atoms with van der Waals surface area (Å²) >= 11 is 0. The molecule has 0 radical (unpaired) electrons. The van der Waals surface area contributed by atoms with Gasteiger partial charge in [-0.25, -0.2) is 4.39 Å². The largest absolute Gasteiger partial charge is 0.488 e. The molecule has 21 heavy (non-hydrogen) atoms. The molecule has 5 heteroatoms. The van der Waals surface area contributed by atoms with E-state index in [-0.39, 0.29) is 23.5 Å². The highest BCUT2D eigenvalue weighted by molar-refractivity contribution is 5.42. The molecule has 0 aromatic heterocycles. The lowest BCUT2D eigenvalue weighted by Gasteiger charge is -2.15. The van der Waals surface area contributed by atoms with Gasteiger partial charge in [-0.15, -0.1) is 0 Å². The van der Waals surface area contributed by atoms with E-state index in [1.165, 1.54) is 0 Å². The second kappa shape index (κ2) is 6.84. The van der Waals surface area contributed by atoms with Crippen molar-refractivity contribution in [2.24, 2.45) is 0 Å². The molecule has 0 saturated heterocycles. The van der Waals surface area contributed by atoms with Crippen molar-refractivity contribution < 1.29 is 19.3 Å². The SMILES string of the molecule is N#Cc1ccccc1COc1c(CO)cc(F)cc1CO. The molecule has 0 aliphatic carbocycles. The third-order valence-corrected chi connectivity index (χ3v) is 3.06. The quantitative estimate of drug-likeness (QED) is 0.884. The molecule has 0 aliphatic heterocycles. The monoisotopic (exact) mass is 287 g/mol. The third-order valence-electron chi connectivity index (χ3n) is 3.06. The number of aliphatic hydroxyl groups is 2. The normalized spacial score (nSPS) is 10.2. The first-order chi connectivity index (χ1) is 10.2. The van der Waals surface area contributed by atoms with Crippen molar-refractivity contribution in [3.05, 3.63) is 64.5 Å². The topological polar surface area (TPSA) is 73.5 Å². The van der Waals surface area contributed by atoms with E-state index in [2.05, 4.69) is 6.07 Å². The molecule has 4 nitrogen and oxygen atoms in total. The Balaban J connectivity index is 2.30. The van der Waals surface area contributed by atoms with Gasteiger partial charge in [-0.2, -0.15) is 5.26 Å². The van der Waals surface area contributed by atoms with Gasteiger partial charge in [0.2, 0.25) is 0 Å². The lowest BCUT2D eigenvalue weighted by molar-refractivity contribution is 0.241. The van der Waals surface area contributed by atoms with Crippen molar-refractivity contribution in [3.63, 3.8) is 0 Å². The van der Waals surface area contributed by atoms with E-state index in [9.17, 15) is 14.6 Å². The summed E-state index contributed by atoms with van der Waals surface area (Å²) in [5.74, 6) is -0.304. The fourth-order valence-corrected chi connectivity index (χ4v) is 2.04. The zero-order valence-corrected chi connectivity index (χ0v) is 11.2. The zero-order chi connectivity index (χ0) is 15.2. The Bertz CT molecular complexity index is 654. The highest BCUT2D eigenvalue weighted by Crippen LogP contribution is 2.27. The van der Waals surface area contributed by atoms with Crippen molar-refractivity contribution in [1.29, 1.82) is 5.26 Å². The molecule has 0 heterocycles. The molecule has 2 rings (SSSR count). The predicted molar refractivity (Wildman–Crippen MR) is 73.7 cm³/mol. The average molecular weight is 287 g/mol. The van der Waals surface area contributed by atoms with Crippen molar-refractivity contribution in [2.45, 2.75) is 19.8 Å².